The fraction of sp³-hybridized carbons (Fsp3) is 0.714. The minimum Gasteiger partial charge on any atom is -0.369 e. The highest BCUT2D eigenvalue weighted by Crippen LogP contribution is 2.25. The van der Waals surface area contributed by atoms with Crippen LogP contribution in [-0.4, -0.2) is 41.5 Å². The normalized spacial score (nSPS) is 19.1. The van der Waals surface area contributed by atoms with Crippen molar-refractivity contribution in [2.75, 3.05) is 19.6 Å². The molecule has 3 N–H and O–H groups in total. The zero-order valence-corrected chi connectivity index (χ0v) is 13.3. The van der Waals surface area contributed by atoms with E-state index < -0.39 is 0 Å². The Kier molecular flexibility index (Phi) is 5.12. The van der Waals surface area contributed by atoms with Crippen molar-refractivity contribution in [1.82, 2.24) is 15.2 Å². The zero-order chi connectivity index (χ0) is 14.7. The van der Waals surface area contributed by atoms with Gasteiger partial charge in [0.25, 0.3) is 0 Å². The monoisotopic (exact) mass is 296 g/mol. The first-order valence-electron chi connectivity index (χ1n) is 7.16. The van der Waals surface area contributed by atoms with Gasteiger partial charge in [-0.1, -0.05) is 0 Å². The van der Waals surface area contributed by atoms with Crippen LogP contribution < -0.4 is 11.1 Å². The van der Waals surface area contributed by atoms with Gasteiger partial charge in [-0.05, 0) is 33.6 Å². The molecular formula is C14H24N4OS. The van der Waals surface area contributed by atoms with Gasteiger partial charge in [-0.15, -0.1) is 11.3 Å². The van der Waals surface area contributed by atoms with Gasteiger partial charge >= 0.3 is 0 Å². The number of amides is 1. The largest absolute Gasteiger partial charge is 0.369 e. The van der Waals surface area contributed by atoms with Gasteiger partial charge in [0.05, 0.1) is 17.2 Å². The Hall–Kier alpha value is -0.980. The molecule has 0 bridgehead atoms. The van der Waals surface area contributed by atoms with E-state index in [2.05, 4.69) is 36.0 Å². The molecule has 1 saturated heterocycles. The maximum Gasteiger partial charge on any atom is 0.231 e. The summed E-state index contributed by atoms with van der Waals surface area (Å²) in [6.07, 6.45) is 2.13. The maximum absolute atomic E-state index is 10.9. The van der Waals surface area contributed by atoms with Crippen molar-refractivity contribution in [2.24, 2.45) is 5.73 Å². The van der Waals surface area contributed by atoms with Gasteiger partial charge < -0.3 is 11.1 Å². The molecule has 0 aromatic carbocycles. The zero-order valence-electron chi connectivity index (χ0n) is 12.5. The van der Waals surface area contributed by atoms with E-state index in [1.54, 1.807) is 11.3 Å². The second-order valence-corrected chi connectivity index (χ2v) is 6.82. The van der Waals surface area contributed by atoms with Gasteiger partial charge in [0.1, 0.15) is 0 Å². The van der Waals surface area contributed by atoms with E-state index >= 15 is 0 Å². The number of nitrogens with zero attached hydrogens (tertiary/aromatic N) is 2. The first-order valence-corrected chi connectivity index (χ1v) is 7.98. The average molecular weight is 296 g/mol. The van der Waals surface area contributed by atoms with Crippen LogP contribution in [-0.2, 0) is 4.79 Å². The van der Waals surface area contributed by atoms with Crippen molar-refractivity contribution in [2.45, 2.75) is 45.7 Å². The van der Waals surface area contributed by atoms with Gasteiger partial charge in [0.15, 0.2) is 0 Å². The molecule has 1 atom stereocenters. The van der Waals surface area contributed by atoms with Crippen molar-refractivity contribution in [3.63, 3.8) is 0 Å². The van der Waals surface area contributed by atoms with E-state index in [1.807, 2.05) is 0 Å². The quantitative estimate of drug-likeness (QED) is 0.860. The smallest absolute Gasteiger partial charge is 0.231 e. The van der Waals surface area contributed by atoms with E-state index in [0.717, 1.165) is 36.6 Å². The number of nitrogens with two attached hydrogens (primary N) is 1. The molecule has 20 heavy (non-hydrogen) atoms. The van der Waals surface area contributed by atoms with Crippen LogP contribution in [0.25, 0.3) is 0 Å². The minimum absolute atomic E-state index is 0.236. The molecule has 0 radical (unpaired) electrons. The maximum atomic E-state index is 10.9. The van der Waals surface area contributed by atoms with E-state index in [9.17, 15) is 4.79 Å². The van der Waals surface area contributed by atoms with E-state index in [-0.39, 0.29) is 5.91 Å². The number of aromatic nitrogens is 1. The van der Waals surface area contributed by atoms with Crippen molar-refractivity contribution < 1.29 is 4.79 Å². The van der Waals surface area contributed by atoms with E-state index in [4.69, 9.17) is 5.73 Å². The number of carbonyl (C=O) groups excluding carboxylic acids is 1. The van der Waals surface area contributed by atoms with Crippen LogP contribution >= 0.6 is 11.3 Å². The minimum atomic E-state index is -0.236. The van der Waals surface area contributed by atoms with Gasteiger partial charge in [-0.25, -0.2) is 4.98 Å². The summed E-state index contributed by atoms with van der Waals surface area (Å²) in [6.45, 7) is 8.59. The van der Waals surface area contributed by atoms with Crippen LogP contribution in [0.15, 0.2) is 0 Å². The van der Waals surface area contributed by atoms with Crippen molar-refractivity contribution in [1.29, 1.82) is 0 Å². The summed E-state index contributed by atoms with van der Waals surface area (Å²) in [5.74, 6) is -0.236. The lowest BCUT2D eigenvalue weighted by Gasteiger charge is -2.33. The average Bonchev–Trinajstić information content (AvgIpc) is 2.70. The Morgan fingerprint density at radius 1 is 1.50 bits per heavy atom. The standard InChI is InChI=1S/C14H24N4OS/c1-9-14(20-11(3)16-9)10(2)17-12-4-6-18(7-5-12)8-13(15)19/h10,12,17H,4-8H2,1-3H3,(H2,15,19). The molecule has 1 aromatic rings. The lowest BCUT2D eigenvalue weighted by atomic mass is 10.0. The van der Waals surface area contributed by atoms with Crippen LogP contribution in [0.5, 0.6) is 0 Å². The summed E-state index contributed by atoms with van der Waals surface area (Å²) >= 11 is 1.77. The molecule has 5 nitrogen and oxygen atoms in total. The van der Waals surface area contributed by atoms with Crippen LogP contribution in [0.3, 0.4) is 0 Å². The molecule has 1 aliphatic rings. The third-order valence-electron chi connectivity index (χ3n) is 3.79. The molecule has 1 aromatic heterocycles. The van der Waals surface area contributed by atoms with Gasteiger partial charge in [-0.2, -0.15) is 0 Å². The number of carbonyl (C=O) groups is 1. The summed E-state index contributed by atoms with van der Waals surface area (Å²) in [6, 6.07) is 0.852. The lowest BCUT2D eigenvalue weighted by Crippen LogP contribution is -2.45. The number of rotatable bonds is 5. The molecule has 1 aliphatic heterocycles. The van der Waals surface area contributed by atoms with Gasteiger partial charge in [0, 0.05) is 30.1 Å². The molecule has 1 fully saturated rings. The molecule has 0 spiro atoms. The highest BCUT2D eigenvalue weighted by Gasteiger charge is 2.22. The van der Waals surface area contributed by atoms with E-state index in [0.29, 0.717) is 18.6 Å². The highest BCUT2D eigenvalue weighted by molar-refractivity contribution is 7.11. The van der Waals surface area contributed by atoms with E-state index in [1.165, 1.54) is 4.88 Å². The highest BCUT2D eigenvalue weighted by atomic mass is 32.1. The number of aryl methyl sites for hydroxylation is 2. The fourth-order valence-corrected chi connectivity index (χ4v) is 3.80. The second-order valence-electron chi connectivity index (χ2n) is 5.59. The third-order valence-corrected chi connectivity index (χ3v) is 5.04. The Balaban J connectivity index is 1.83. The number of piperidine rings is 1. The summed E-state index contributed by atoms with van der Waals surface area (Å²) < 4.78 is 0. The Morgan fingerprint density at radius 3 is 2.65 bits per heavy atom. The molecule has 2 rings (SSSR count). The van der Waals surface area contributed by atoms with Gasteiger partial charge in [-0.3, -0.25) is 9.69 Å². The number of likely N-dealkylation sites (tertiary alicyclic amines) is 1. The fourth-order valence-electron chi connectivity index (χ4n) is 2.86. The summed E-state index contributed by atoms with van der Waals surface area (Å²) in [4.78, 5) is 18.9. The summed E-state index contributed by atoms with van der Waals surface area (Å²) in [5.41, 5.74) is 6.37. The first-order chi connectivity index (χ1) is 9.45. The van der Waals surface area contributed by atoms with Crippen LogP contribution in [0.4, 0.5) is 0 Å². The first kappa shape index (κ1) is 15.4. The Bertz CT molecular complexity index is 466. The molecular weight excluding hydrogens is 272 g/mol. The number of thiazole rings is 1. The van der Waals surface area contributed by atoms with Crippen molar-refractivity contribution >= 4 is 17.2 Å². The Labute approximate surface area is 124 Å². The predicted octanol–water partition coefficient (Wildman–Crippen LogP) is 1.36. The summed E-state index contributed by atoms with van der Waals surface area (Å²) in [7, 11) is 0. The molecule has 0 aliphatic carbocycles. The van der Waals surface area contributed by atoms with Crippen LogP contribution in [0, 0.1) is 13.8 Å². The van der Waals surface area contributed by atoms with Gasteiger partial charge in [0.2, 0.25) is 5.91 Å². The Morgan fingerprint density at radius 2 is 2.15 bits per heavy atom. The number of primary amides is 1. The molecule has 1 amide bonds. The number of hydrogen-bond acceptors (Lipinski definition) is 5. The molecule has 0 saturated carbocycles. The van der Waals surface area contributed by atoms with Crippen molar-refractivity contribution in [3.05, 3.63) is 15.6 Å². The second kappa shape index (κ2) is 6.65. The predicted molar refractivity (Wildman–Crippen MR) is 81.8 cm³/mol. The molecule has 2 heterocycles. The SMILES string of the molecule is Cc1nc(C)c(C(C)NC2CCN(CC(N)=O)CC2)s1. The third kappa shape index (κ3) is 4.01. The van der Waals surface area contributed by atoms with Crippen LogP contribution in [0.2, 0.25) is 0 Å². The summed E-state index contributed by atoms with van der Waals surface area (Å²) in [5, 5.41) is 4.82. The lowest BCUT2D eigenvalue weighted by molar-refractivity contribution is -0.119. The topological polar surface area (TPSA) is 71.2 Å². The molecule has 112 valence electrons. The number of nitrogens with one attached hydrogen (secondary N) is 1. The molecule has 1 unspecified atom stereocenters. The number of hydrogen-bond donors (Lipinski definition) is 2. The van der Waals surface area contributed by atoms with Crippen molar-refractivity contribution in [3.8, 4) is 0 Å². The molecule has 6 heteroatoms. The van der Waals surface area contributed by atoms with Crippen LogP contribution in [0.1, 0.15) is 41.4 Å².